The fourth-order valence-electron chi connectivity index (χ4n) is 3.02. The summed E-state index contributed by atoms with van der Waals surface area (Å²) in [5.74, 6) is -1.00. The number of carbonyl (C=O) groups is 1. The number of aromatic nitrogens is 2. The Balaban J connectivity index is 1.63. The molecule has 8 heteroatoms. The fraction of sp³-hybridized carbons (Fsp3) is 0.0909. The summed E-state index contributed by atoms with van der Waals surface area (Å²) < 4.78 is 21.6. The molecule has 0 amide bonds. The molecule has 5 nitrogen and oxygen atoms in total. The van der Waals surface area contributed by atoms with Gasteiger partial charge in [0.05, 0.1) is 34.8 Å². The minimum atomic E-state index is -0.640. The molecular weight excluding hydrogens is 473 g/mol. The van der Waals surface area contributed by atoms with Crippen molar-refractivity contribution >= 4 is 55.7 Å². The van der Waals surface area contributed by atoms with Gasteiger partial charge in [0, 0.05) is 10.0 Å². The van der Waals surface area contributed by atoms with Crippen LogP contribution in [0.1, 0.15) is 15.9 Å². The molecule has 0 atom stereocenters. The second-order valence-electron chi connectivity index (χ2n) is 6.56. The average molecular weight is 489 g/mol. The van der Waals surface area contributed by atoms with Crippen LogP contribution in [0.3, 0.4) is 0 Å². The topological polar surface area (TPSA) is 67.0 Å². The number of ether oxygens (including phenoxy) is 1. The number of nitrogens with one attached hydrogen (secondary N) is 2. The molecule has 0 saturated heterocycles. The summed E-state index contributed by atoms with van der Waals surface area (Å²) in [6.45, 7) is 0.0827. The van der Waals surface area contributed by atoms with E-state index < -0.39 is 5.82 Å². The molecule has 0 saturated carbocycles. The second kappa shape index (κ2) is 8.95. The number of benzene rings is 3. The summed E-state index contributed by atoms with van der Waals surface area (Å²) in [5.41, 5.74) is 2.12. The Bertz CT molecular complexity index is 1210. The molecular formula is C22H16BrClFN3O2. The number of H-pyrrole nitrogens is 1. The van der Waals surface area contributed by atoms with Crippen molar-refractivity contribution in [3.8, 4) is 0 Å². The molecule has 0 spiro atoms. The van der Waals surface area contributed by atoms with Gasteiger partial charge in [0.15, 0.2) is 11.6 Å². The number of halogens is 3. The molecule has 0 fully saturated rings. The van der Waals surface area contributed by atoms with E-state index in [4.69, 9.17) is 16.3 Å². The van der Waals surface area contributed by atoms with Crippen molar-refractivity contribution in [1.82, 2.24) is 9.97 Å². The first-order chi connectivity index (χ1) is 14.5. The van der Waals surface area contributed by atoms with E-state index in [1.807, 2.05) is 30.3 Å². The van der Waals surface area contributed by atoms with Crippen LogP contribution in [0.5, 0.6) is 0 Å². The van der Waals surface area contributed by atoms with Crippen molar-refractivity contribution in [3.05, 3.63) is 87.4 Å². The molecule has 0 radical (unpaired) electrons. The minimum absolute atomic E-state index is 0.00661. The first-order valence-corrected chi connectivity index (χ1v) is 10.2. The van der Waals surface area contributed by atoms with Gasteiger partial charge in [0.2, 0.25) is 0 Å². The maximum Gasteiger partial charge on any atom is 0.190 e. The molecule has 0 aliphatic rings. The van der Waals surface area contributed by atoms with Gasteiger partial charge < -0.3 is 15.0 Å². The molecule has 0 unspecified atom stereocenters. The zero-order valence-electron chi connectivity index (χ0n) is 15.6. The van der Waals surface area contributed by atoms with Gasteiger partial charge >= 0.3 is 0 Å². The van der Waals surface area contributed by atoms with Crippen LogP contribution in [-0.4, -0.2) is 22.4 Å². The molecule has 30 heavy (non-hydrogen) atoms. The highest BCUT2D eigenvalue weighted by Gasteiger charge is 2.21. The van der Waals surface area contributed by atoms with Gasteiger partial charge in [-0.1, -0.05) is 57.9 Å². The van der Waals surface area contributed by atoms with Crippen molar-refractivity contribution in [2.24, 2.45) is 0 Å². The molecule has 152 valence electrons. The number of carbonyl (C=O) groups excluding carboxylic acids is 1. The number of nitrogens with zero attached hydrogens (tertiary/aromatic N) is 1. The van der Waals surface area contributed by atoms with E-state index in [2.05, 4.69) is 31.2 Å². The summed E-state index contributed by atoms with van der Waals surface area (Å²) in [7, 11) is 0. The Hall–Kier alpha value is -2.74. The number of imidazole rings is 1. The maximum absolute atomic E-state index is 15.2. The summed E-state index contributed by atoms with van der Waals surface area (Å²) in [5, 5.41) is 3.33. The van der Waals surface area contributed by atoms with Gasteiger partial charge in [-0.2, -0.15) is 0 Å². The monoisotopic (exact) mass is 487 g/mol. The molecule has 1 aromatic heterocycles. The predicted molar refractivity (Wildman–Crippen MR) is 119 cm³/mol. The Morgan fingerprint density at radius 1 is 1.20 bits per heavy atom. The lowest BCUT2D eigenvalue weighted by Crippen LogP contribution is -2.13. The van der Waals surface area contributed by atoms with Gasteiger partial charge in [-0.05, 0) is 29.8 Å². The lowest BCUT2D eigenvalue weighted by molar-refractivity contribution is 0.0727. The Morgan fingerprint density at radius 2 is 2.00 bits per heavy atom. The van der Waals surface area contributed by atoms with Gasteiger partial charge in [-0.3, -0.25) is 4.79 Å². The Labute approximate surface area is 185 Å². The van der Waals surface area contributed by atoms with Crippen LogP contribution in [0.15, 0.2) is 65.4 Å². The zero-order valence-corrected chi connectivity index (χ0v) is 17.9. The number of hydrogen-bond donors (Lipinski definition) is 2. The summed E-state index contributed by atoms with van der Waals surface area (Å²) in [4.78, 5) is 19.7. The number of Topliss-reactive ketones (excluding diaryl/α,β-unsaturated/α-hetero) is 1. The molecule has 0 aliphatic carbocycles. The second-order valence-corrected chi connectivity index (χ2v) is 7.89. The Morgan fingerprint density at radius 3 is 2.77 bits per heavy atom. The third-order valence-electron chi connectivity index (χ3n) is 4.49. The summed E-state index contributed by atoms with van der Waals surface area (Å²) >= 11 is 9.60. The van der Waals surface area contributed by atoms with Crippen LogP contribution in [0.4, 0.5) is 15.8 Å². The first-order valence-electron chi connectivity index (χ1n) is 9.05. The maximum atomic E-state index is 15.2. The fourth-order valence-corrected chi connectivity index (χ4v) is 3.74. The van der Waals surface area contributed by atoms with Crippen molar-refractivity contribution in [2.45, 2.75) is 6.61 Å². The SMILES string of the molecule is O=C(COCc1ccccc1)c1cc2[nH]cnc2c(F)c1Nc1ccc(Br)cc1Cl. The number of ketones is 1. The summed E-state index contributed by atoms with van der Waals surface area (Å²) in [6, 6.07) is 16.2. The highest BCUT2D eigenvalue weighted by Crippen LogP contribution is 2.34. The molecule has 2 N–H and O–H groups in total. The van der Waals surface area contributed by atoms with Crippen molar-refractivity contribution in [3.63, 3.8) is 0 Å². The average Bonchev–Trinajstić information content (AvgIpc) is 3.21. The van der Waals surface area contributed by atoms with Gasteiger partial charge in [-0.15, -0.1) is 0 Å². The third-order valence-corrected chi connectivity index (χ3v) is 5.30. The lowest BCUT2D eigenvalue weighted by atomic mass is 10.1. The van der Waals surface area contributed by atoms with Crippen molar-refractivity contribution in [1.29, 1.82) is 0 Å². The highest BCUT2D eigenvalue weighted by molar-refractivity contribution is 9.10. The van der Waals surface area contributed by atoms with Gasteiger partial charge in [0.1, 0.15) is 12.1 Å². The number of rotatable bonds is 7. The van der Waals surface area contributed by atoms with E-state index in [-0.39, 0.29) is 35.8 Å². The molecule has 1 heterocycles. The predicted octanol–water partition coefficient (Wildman–Crippen LogP) is 6.26. The van der Waals surface area contributed by atoms with Crippen LogP contribution >= 0.6 is 27.5 Å². The lowest BCUT2D eigenvalue weighted by Gasteiger charge is -2.14. The minimum Gasteiger partial charge on any atom is -0.369 e. The van der Waals surface area contributed by atoms with Crippen LogP contribution in [0, 0.1) is 5.82 Å². The summed E-state index contributed by atoms with van der Waals surface area (Å²) in [6.07, 6.45) is 1.38. The van der Waals surface area contributed by atoms with E-state index in [0.29, 0.717) is 16.2 Å². The third kappa shape index (κ3) is 4.38. The molecule has 3 aromatic carbocycles. The standard InChI is InChI=1S/C22H16BrClFN3O2/c23-14-6-7-17(16(24)8-14)28-21-15(9-18-22(20(21)25)27-12-26-18)19(29)11-30-10-13-4-2-1-3-5-13/h1-9,12,28H,10-11H2,(H,26,27). The largest absolute Gasteiger partial charge is 0.369 e. The van der Waals surface area contributed by atoms with Crippen LogP contribution < -0.4 is 5.32 Å². The first kappa shape index (κ1) is 20.5. The highest BCUT2D eigenvalue weighted by atomic mass is 79.9. The molecule has 4 rings (SSSR count). The molecule has 0 bridgehead atoms. The van der Waals surface area contributed by atoms with Gasteiger partial charge in [0.25, 0.3) is 0 Å². The van der Waals surface area contributed by atoms with E-state index in [1.54, 1.807) is 24.3 Å². The van der Waals surface area contributed by atoms with E-state index in [9.17, 15) is 4.79 Å². The Kier molecular flexibility index (Phi) is 6.13. The van der Waals surface area contributed by atoms with Crippen LogP contribution in [0.25, 0.3) is 11.0 Å². The zero-order chi connectivity index (χ0) is 21.1. The number of aromatic amines is 1. The van der Waals surface area contributed by atoms with E-state index in [0.717, 1.165) is 10.0 Å². The molecule has 0 aliphatic heterocycles. The number of hydrogen-bond acceptors (Lipinski definition) is 4. The van der Waals surface area contributed by atoms with E-state index in [1.165, 1.54) is 6.33 Å². The quantitative estimate of drug-likeness (QED) is 0.301. The molecule has 4 aromatic rings. The smallest absolute Gasteiger partial charge is 0.190 e. The van der Waals surface area contributed by atoms with Crippen LogP contribution in [-0.2, 0) is 11.3 Å². The van der Waals surface area contributed by atoms with Gasteiger partial charge in [-0.25, -0.2) is 9.37 Å². The normalized spacial score (nSPS) is 11.0. The number of anilines is 2. The van der Waals surface area contributed by atoms with Crippen LogP contribution in [0.2, 0.25) is 5.02 Å². The van der Waals surface area contributed by atoms with Crippen molar-refractivity contribution in [2.75, 3.05) is 11.9 Å². The van der Waals surface area contributed by atoms with Crippen molar-refractivity contribution < 1.29 is 13.9 Å². The number of fused-ring (bicyclic) bond motifs is 1. The van der Waals surface area contributed by atoms with E-state index >= 15 is 4.39 Å².